The first-order chi connectivity index (χ1) is 8.08. The molecule has 0 atom stereocenters. The van der Waals surface area contributed by atoms with Crippen LogP contribution in [-0.4, -0.2) is 25.1 Å². The molecule has 0 radical (unpaired) electrons. The van der Waals surface area contributed by atoms with E-state index in [2.05, 4.69) is 54.9 Å². The Morgan fingerprint density at radius 2 is 2.18 bits per heavy atom. The van der Waals surface area contributed by atoms with E-state index in [-0.39, 0.29) is 5.56 Å². The molecule has 0 aliphatic heterocycles. The zero-order valence-electron chi connectivity index (χ0n) is 9.49. The highest BCUT2D eigenvalue weighted by atomic mass is 79.9. The smallest absolute Gasteiger partial charge is 0.265 e. The molecule has 2 aromatic rings. The lowest BCUT2D eigenvalue weighted by molar-refractivity contribution is 0.631. The van der Waals surface area contributed by atoms with E-state index >= 15 is 0 Å². The van der Waals surface area contributed by atoms with Gasteiger partial charge in [0.1, 0.15) is 10.8 Å². The first-order valence-corrected chi connectivity index (χ1v) is 6.01. The fourth-order valence-electron chi connectivity index (χ4n) is 1.46. The maximum absolute atomic E-state index is 11.7. The number of aromatic nitrogens is 5. The lowest BCUT2D eigenvalue weighted by atomic mass is 10.1. The van der Waals surface area contributed by atoms with Crippen molar-refractivity contribution < 1.29 is 0 Å². The predicted octanol–water partition coefficient (Wildman–Crippen LogP) is 1.52. The molecule has 6 nitrogen and oxygen atoms in total. The van der Waals surface area contributed by atoms with Gasteiger partial charge in [-0.15, -0.1) is 0 Å². The van der Waals surface area contributed by atoms with E-state index in [1.165, 1.54) is 6.33 Å². The van der Waals surface area contributed by atoms with Crippen molar-refractivity contribution >= 4 is 15.9 Å². The third-order valence-electron chi connectivity index (χ3n) is 2.17. The van der Waals surface area contributed by atoms with E-state index in [1.807, 2.05) is 0 Å². The largest absolute Gasteiger partial charge is 0.303 e. The molecule has 0 bridgehead atoms. The van der Waals surface area contributed by atoms with Crippen LogP contribution < -0.4 is 5.56 Å². The summed E-state index contributed by atoms with van der Waals surface area (Å²) in [7, 11) is 0. The molecule has 0 saturated carbocycles. The van der Waals surface area contributed by atoms with Gasteiger partial charge in [0.2, 0.25) is 0 Å². The minimum atomic E-state index is -0.206. The summed E-state index contributed by atoms with van der Waals surface area (Å²) >= 11 is 3.25. The van der Waals surface area contributed by atoms with Gasteiger partial charge in [0.15, 0.2) is 11.6 Å². The molecular weight excluding hydrogens is 286 g/mol. The van der Waals surface area contributed by atoms with Crippen LogP contribution in [-0.2, 0) is 6.42 Å². The highest BCUT2D eigenvalue weighted by molar-refractivity contribution is 9.10. The number of halogens is 1. The second kappa shape index (κ2) is 4.79. The first-order valence-electron chi connectivity index (χ1n) is 5.22. The second-order valence-electron chi connectivity index (χ2n) is 4.11. The molecule has 0 aliphatic carbocycles. The second-order valence-corrected chi connectivity index (χ2v) is 4.90. The normalized spacial score (nSPS) is 11.1. The van der Waals surface area contributed by atoms with Crippen LogP contribution in [0.1, 0.15) is 19.5 Å². The standard InChI is InChI=1S/C10H12BrN5O/c1-5(2)3-6-7(11)10(17)15-9(14-6)8-12-4-13-16-8/h4-5H,3H2,1-2H3,(H,12,13,16)(H,14,15,17). The van der Waals surface area contributed by atoms with Gasteiger partial charge in [0.05, 0.1) is 5.69 Å². The average molecular weight is 298 g/mol. The van der Waals surface area contributed by atoms with E-state index in [4.69, 9.17) is 0 Å². The van der Waals surface area contributed by atoms with Crippen LogP contribution >= 0.6 is 15.9 Å². The lowest BCUT2D eigenvalue weighted by Crippen LogP contribution is -2.15. The maximum Gasteiger partial charge on any atom is 0.265 e. The number of H-pyrrole nitrogens is 2. The fourth-order valence-corrected chi connectivity index (χ4v) is 1.81. The molecule has 0 fully saturated rings. The van der Waals surface area contributed by atoms with Gasteiger partial charge in [-0.3, -0.25) is 9.89 Å². The molecule has 7 heteroatoms. The summed E-state index contributed by atoms with van der Waals surface area (Å²) in [5.74, 6) is 1.29. The molecule has 2 rings (SSSR count). The molecule has 90 valence electrons. The van der Waals surface area contributed by atoms with Crippen molar-refractivity contribution in [2.75, 3.05) is 0 Å². The zero-order valence-corrected chi connectivity index (χ0v) is 11.1. The van der Waals surface area contributed by atoms with Crippen LogP contribution in [0.15, 0.2) is 15.6 Å². The summed E-state index contributed by atoms with van der Waals surface area (Å²) in [5, 5.41) is 6.40. The third kappa shape index (κ3) is 2.60. The minimum absolute atomic E-state index is 0.206. The number of nitrogens with zero attached hydrogens (tertiary/aromatic N) is 3. The highest BCUT2D eigenvalue weighted by Crippen LogP contribution is 2.16. The summed E-state index contributed by atoms with van der Waals surface area (Å²) in [4.78, 5) is 22.7. The van der Waals surface area contributed by atoms with Crippen molar-refractivity contribution in [1.82, 2.24) is 25.1 Å². The van der Waals surface area contributed by atoms with Crippen LogP contribution in [0.2, 0.25) is 0 Å². The molecule has 17 heavy (non-hydrogen) atoms. The van der Waals surface area contributed by atoms with Gasteiger partial charge in [-0.05, 0) is 28.3 Å². The van der Waals surface area contributed by atoms with Crippen LogP contribution in [0.3, 0.4) is 0 Å². The van der Waals surface area contributed by atoms with E-state index < -0.39 is 0 Å². The van der Waals surface area contributed by atoms with Crippen molar-refractivity contribution in [1.29, 1.82) is 0 Å². The number of rotatable bonds is 3. The summed E-state index contributed by atoms with van der Waals surface area (Å²) in [6, 6.07) is 0. The molecule has 0 unspecified atom stereocenters. The van der Waals surface area contributed by atoms with Gasteiger partial charge in [0, 0.05) is 0 Å². The first kappa shape index (κ1) is 12.0. The molecule has 0 aromatic carbocycles. The predicted molar refractivity (Wildman–Crippen MR) is 66.5 cm³/mol. The van der Waals surface area contributed by atoms with Crippen molar-refractivity contribution in [3.8, 4) is 11.6 Å². The van der Waals surface area contributed by atoms with Crippen LogP contribution in [0, 0.1) is 5.92 Å². The molecule has 0 amide bonds. The van der Waals surface area contributed by atoms with Crippen molar-refractivity contribution in [3.63, 3.8) is 0 Å². The molecule has 0 spiro atoms. The van der Waals surface area contributed by atoms with Gasteiger partial charge < -0.3 is 4.98 Å². The number of hydrogen-bond donors (Lipinski definition) is 2. The van der Waals surface area contributed by atoms with Crippen molar-refractivity contribution in [2.24, 2.45) is 5.92 Å². The Morgan fingerprint density at radius 1 is 1.41 bits per heavy atom. The highest BCUT2D eigenvalue weighted by Gasteiger charge is 2.12. The van der Waals surface area contributed by atoms with Gasteiger partial charge in [-0.2, -0.15) is 5.10 Å². The summed E-state index contributed by atoms with van der Waals surface area (Å²) in [6.45, 7) is 4.15. The van der Waals surface area contributed by atoms with Gasteiger partial charge in [-0.1, -0.05) is 13.8 Å². The van der Waals surface area contributed by atoms with Crippen molar-refractivity contribution in [3.05, 3.63) is 26.8 Å². The van der Waals surface area contributed by atoms with Crippen LogP contribution in [0.5, 0.6) is 0 Å². The monoisotopic (exact) mass is 297 g/mol. The zero-order chi connectivity index (χ0) is 12.4. The van der Waals surface area contributed by atoms with Crippen LogP contribution in [0.25, 0.3) is 11.6 Å². The summed E-state index contributed by atoms with van der Waals surface area (Å²) < 4.78 is 0.481. The molecule has 0 aliphatic rings. The number of nitrogens with one attached hydrogen (secondary N) is 2. The Bertz CT molecular complexity index is 561. The van der Waals surface area contributed by atoms with Crippen molar-refractivity contribution in [2.45, 2.75) is 20.3 Å². The SMILES string of the molecule is CC(C)Cc1nc(-c2ncn[nH]2)[nH]c(=O)c1Br. The average Bonchev–Trinajstić information content (AvgIpc) is 2.77. The van der Waals surface area contributed by atoms with E-state index in [0.29, 0.717) is 22.0 Å². The number of hydrogen-bond acceptors (Lipinski definition) is 4. The summed E-state index contributed by atoms with van der Waals surface area (Å²) in [5.41, 5.74) is 0.525. The van der Waals surface area contributed by atoms with Gasteiger partial charge >= 0.3 is 0 Å². The number of aromatic amines is 2. The van der Waals surface area contributed by atoms with E-state index in [0.717, 1.165) is 12.1 Å². The quantitative estimate of drug-likeness (QED) is 0.899. The maximum atomic E-state index is 11.7. The minimum Gasteiger partial charge on any atom is -0.303 e. The Hall–Kier alpha value is -1.50. The van der Waals surface area contributed by atoms with Gasteiger partial charge in [0.25, 0.3) is 5.56 Å². The van der Waals surface area contributed by atoms with E-state index in [1.54, 1.807) is 0 Å². The molecule has 2 heterocycles. The third-order valence-corrected chi connectivity index (χ3v) is 2.99. The molecule has 0 saturated heterocycles. The Kier molecular flexibility index (Phi) is 3.37. The molecule has 2 N–H and O–H groups in total. The van der Waals surface area contributed by atoms with E-state index in [9.17, 15) is 4.79 Å². The lowest BCUT2D eigenvalue weighted by Gasteiger charge is -2.07. The topological polar surface area (TPSA) is 87.3 Å². The fraction of sp³-hybridized carbons (Fsp3) is 0.400. The van der Waals surface area contributed by atoms with Gasteiger partial charge in [-0.25, -0.2) is 9.97 Å². The summed E-state index contributed by atoms with van der Waals surface area (Å²) in [6.07, 6.45) is 2.10. The Morgan fingerprint density at radius 3 is 2.76 bits per heavy atom. The Labute approximate surface area is 106 Å². The molecular formula is C10H12BrN5O. The molecule has 2 aromatic heterocycles. The Balaban J connectivity index is 2.50. The van der Waals surface area contributed by atoms with Crippen LogP contribution in [0.4, 0.5) is 0 Å².